The van der Waals surface area contributed by atoms with Gasteiger partial charge >= 0.3 is 0 Å². The minimum Gasteiger partial charge on any atom is -0.367 e. The van der Waals surface area contributed by atoms with E-state index in [1.165, 1.54) is 35.9 Å². The molecule has 0 bridgehead atoms. The van der Waals surface area contributed by atoms with Crippen LogP contribution in [-0.2, 0) is 11.3 Å². The molecule has 1 amide bonds. The molecule has 0 aromatic heterocycles. The average molecular weight is 406 g/mol. The molecule has 0 spiro atoms. The molecule has 1 saturated heterocycles. The monoisotopic (exact) mass is 405 g/mol. The summed E-state index contributed by atoms with van der Waals surface area (Å²) in [7, 11) is 0. The fraction of sp³-hybridized carbons (Fsp3) is 0.333. The number of nitrogens with one attached hydrogen (secondary N) is 1. The van der Waals surface area contributed by atoms with E-state index in [9.17, 15) is 4.79 Å². The van der Waals surface area contributed by atoms with Crippen LogP contribution in [0.1, 0.15) is 43.7 Å². The van der Waals surface area contributed by atoms with E-state index < -0.39 is 0 Å². The number of carbonyl (C=O) groups excluding carboxylic acids is 1. The van der Waals surface area contributed by atoms with Gasteiger partial charge in [-0.2, -0.15) is 0 Å². The van der Waals surface area contributed by atoms with Crippen LogP contribution in [0.3, 0.4) is 0 Å². The zero-order chi connectivity index (χ0) is 20.1. The van der Waals surface area contributed by atoms with Crippen LogP contribution < -0.4 is 10.2 Å². The third-order valence-corrected chi connectivity index (χ3v) is 6.35. The number of nitrogens with zero attached hydrogens (tertiary/aromatic N) is 2. The molecular weight excluding hydrogens is 378 g/mol. The Bertz CT molecular complexity index is 899. The SMILES string of the molecule is CCN(Cc1ccccc1)c1ccc(C=C2SC(=NC3CCCC3)NC2=O)cc1. The molecule has 1 aliphatic heterocycles. The molecule has 0 radical (unpaired) electrons. The molecule has 0 atom stereocenters. The number of hydrogen-bond acceptors (Lipinski definition) is 4. The van der Waals surface area contributed by atoms with Crippen molar-refractivity contribution in [3.8, 4) is 0 Å². The smallest absolute Gasteiger partial charge is 0.264 e. The molecule has 4 nitrogen and oxygen atoms in total. The summed E-state index contributed by atoms with van der Waals surface area (Å²) in [5.74, 6) is -0.0462. The molecule has 2 fully saturated rings. The molecule has 4 rings (SSSR count). The van der Waals surface area contributed by atoms with Crippen LogP contribution in [0.2, 0.25) is 0 Å². The standard InChI is InChI=1S/C24H27N3OS/c1-2-27(17-19-8-4-3-5-9-19)21-14-12-18(13-15-21)16-22-23(28)26-24(29-22)25-20-10-6-7-11-20/h3-5,8-9,12-16,20H,2,6-7,10-11,17H2,1H3,(H,25,26,28). The van der Waals surface area contributed by atoms with Crippen LogP contribution >= 0.6 is 11.8 Å². The summed E-state index contributed by atoms with van der Waals surface area (Å²) < 4.78 is 0. The molecule has 29 heavy (non-hydrogen) atoms. The molecule has 1 heterocycles. The molecular formula is C24H27N3OS. The van der Waals surface area contributed by atoms with E-state index in [2.05, 4.69) is 65.7 Å². The molecule has 5 heteroatoms. The van der Waals surface area contributed by atoms with Crippen molar-refractivity contribution in [1.82, 2.24) is 5.32 Å². The van der Waals surface area contributed by atoms with E-state index in [4.69, 9.17) is 4.99 Å². The van der Waals surface area contributed by atoms with Crippen LogP contribution in [0.4, 0.5) is 5.69 Å². The lowest BCUT2D eigenvalue weighted by Crippen LogP contribution is -2.21. The predicted molar refractivity (Wildman–Crippen MR) is 123 cm³/mol. The second kappa shape index (κ2) is 9.31. The lowest BCUT2D eigenvalue weighted by atomic mass is 10.1. The molecule has 2 aliphatic rings. The van der Waals surface area contributed by atoms with E-state index in [0.717, 1.165) is 36.7 Å². The Hall–Kier alpha value is -2.53. The zero-order valence-corrected chi connectivity index (χ0v) is 17.6. The highest BCUT2D eigenvalue weighted by molar-refractivity contribution is 8.18. The van der Waals surface area contributed by atoms with Gasteiger partial charge < -0.3 is 10.2 Å². The molecule has 150 valence electrons. The van der Waals surface area contributed by atoms with Crippen molar-refractivity contribution in [3.63, 3.8) is 0 Å². The van der Waals surface area contributed by atoms with Crippen LogP contribution in [0.15, 0.2) is 64.5 Å². The molecule has 1 aliphatic carbocycles. The van der Waals surface area contributed by atoms with Crippen molar-refractivity contribution in [2.45, 2.75) is 45.2 Å². The number of carbonyl (C=O) groups is 1. The predicted octanol–water partition coefficient (Wildman–Crippen LogP) is 5.22. The number of amidine groups is 1. The Labute approximate surface area is 177 Å². The first-order valence-electron chi connectivity index (χ1n) is 10.4. The van der Waals surface area contributed by atoms with Crippen LogP contribution in [-0.4, -0.2) is 23.7 Å². The first-order valence-corrected chi connectivity index (χ1v) is 11.2. The Kier molecular flexibility index (Phi) is 6.35. The first-order chi connectivity index (χ1) is 14.2. The van der Waals surface area contributed by atoms with E-state index in [1.807, 2.05) is 12.1 Å². The summed E-state index contributed by atoms with van der Waals surface area (Å²) in [5, 5.41) is 3.67. The van der Waals surface area contributed by atoms with Gasteiger partial charge in [0, 0.05) is 18.8 Å². The number of thioether (sulfide) groups is 1. The summed E-state index contributed by atoms with van der Waals surface area (Å²) in [4.78, 5) is 20.1. The van der Waals surface area contributed by atoms with E-state index >= 15 is 0 Å². The Morgan fingerprint density at radius 2 is 1.83 bits per heavy atom. The van der Waals surface area contributed by atoms with Crippen molar-refractivity contribution in [2.24, 2.45) is 4.99 Å². The molecule has 2 aromatic carbocycles. The van der Waals surface area contributed by atoms with Gasteiger partial charge in [0.2, 0.25) is 0 Å². The Morgan fingerprint density at radius 3 is 2.52 bits per heavy atom. The van der Waals surface area contributed by atoms with Gasteiger partial charge in [-0.25, -0.2) is 0 Å². The summed E-state index contributed by atoms with van der Waals surface area (Å²) in [6.45, 7) is 4.00. The third kappa shape index (κ3) is 5.10. The van der Waals surface area contributed by atoms with Gasteiger partial charge in [-0.05, 0) is 60.9 Å². The normalized spacial score (nSPS) is 19.8. The van der Waals surface area contributed by atoms with Gasteiger partial charge in [0.25, 0.3) is 5.91 Å². The minimum atomic E-state index is -0.0462. The number of hydrogen-bond donors (Lipinski definition) is 1. The zero-order valence-electron chi connectivity index (χ0n) is 16.8. The highest BCUT2D eigenvalue weighted by Crippen LogP contribution is 2.29. The van der Waals surface area contributed by atoms with Crippen molar-refractivity contribution in [3.05, 3.63) is 70.6 Å². The third-order valence-electron chi connectivity index (χ3n) is 5.43. The summed E-state index contributed by atoms with van der Waals surface area (Å²) >= 11 is 1.46. The molecule has 1 saturated carbocycles. The highest BCUT2D eigenvalue weighted by atomic mass is 32.2. The Balaban J connectivity index is 1.44. The summed E-state index contributed by atoms with van der Waals surface area (Å²) in [6, 6.07) is 19.3. The number of anilines is 1. The van der Waals surface area contributed by atoms with E-state index in [0.29, 0.717) is 10.9 Å². The van der Waals surface area contributed by atoms with Crippen molar-refractivity contribution >= 4 is 34.6 Å². The summed E-state index contributed by atoms with van der Waals surface area (Å²) in [6.07, 6.45) is 6.71. The van der Waals surface area contributed by atoms with E-state index in [-0.39, 0.29) is 5.91 Å². The van der Waals surface area contributed by atoms with Gasteiger partial charge in [-0.3, -0.25) is 9.79 Å². The van der Waals surface area contributed by atoms with Crippen LogP contribution in [0.25, 0.3) is 6.08 Å². The minimum absolute atomic E-state index is 0.0462. The number of aliphatic imine (C=N–C) groups is 1. The number of rotatable bonds is 6. The second-order valence-corrected chi connectivity index (χ2v) is 8.56. The lowest BCUT2D eigenvalue weighted by Gasteiger charge is -2.23. The Morgan fingerprint density at radius 1 is 1.10 bits per heavy atom. The van der Waals surface area contributed by atoms with Gasteiger partial charge in [-0.1, -0.05) is 55.3 Å². The number of amides is 1. The molecule has 1 N–H and O–H groups in total. The first kappa shape index (κ1) is 19.8. The van der Waals surface area contributed by atoms with Gasteiger partial charge in [0.15, 0.2) is 5.17 Å². The maximum Gasteiger partial charge on any atom is 0.264 e. The lowest BCUT2D eigenvalue weighted by molar-refractivity contribution is -0.115. The van der Waals surface area contributed by atoms with Gasteiger partial charge in [-0.15, -0.1) is 0 Å². The maximum absolute atomic E-state index is 12.3. The van der Waals surface area contributed by atoms with Crippen LogP contribution in [0.5, 0.6) is 0 Å². The highest BCUT2D eigenvalue weighted by Gasteiger charge is 2.25. The van der Waals surface area contributed by atoms with E-state index in [1.54, 1.807) is 0 Å². The molecule has 0 unspecified atom stereocenters. The second-order valence-electron chi connectivity index (χ2n) is 7.53. The van der Waals surface area contributed by atoms with Crippen molar-refractivity contribution < 1.29 is 4.79 Å². The topological polar surface area (TPSA) is 44.7 Å². The van der Waals surface area contributed by atoms with Crippen molar-refractivity contribution in [1.29, 1.82) is 0 Å². The van der Waals surface area contributed by atoms with Gasteiger partial charge in [0.05, 0.1) is 10.9 Å². The quantitative estimate of drug-likeness (QED) is 0.671. The van der Waals surface area contributed by atoms with Crippen LogP contribution in [0, 0.1) is 0 Å². The molecule has 2 aromatic rings. The number of benzene rings is 2. The van der Waals surface area contributed by atoms with Crippen molar-refractivity contribution in [2.75, 3.05) is 11.4 Å². The largest absolute Gasteiger partial charge is 0.367 e. The summed E-state index contributed by atoms with van der Waals surface area (Å²) in [5.41, 5.74) is 3.52. The fourth-order valence-electron chi connectivity index (χ4n) is 3.81. The van der Waals surface area contributed by atoms with Gasteiger partial charge in [0.1, 0.15) is 0 Å². The average Bonchev–Trinajstić information content (AvgIpc) is 3.37. The fourth-order valence-corrected chi connectivity index (χ4v) is 4.70. The maximum atomic E-state index is 12.3.